The first-order valence-electron chi connectivity index (χ1n) is 11.2. The Bertz CT molecular complexity index is 1330. The molecular weight excluding hydrogens is 444 g/mol. The van der Waals surface area contributed by atoms with Crippen LogP contribution in [0.1, 0.15) is 21.5 Å². The molecule has 0 heterocycles. The Morgan fingerprint density at radius 2 is 1.51 bits per heavy atom. The topological polar surface area (TPSA) is 98.5 Å². The lowest BCUT2D eigenvalue weighted by molar-refractivity contribution is -0.384. The van der Waals surface area contributed by atoms with Crippen molar-refractivity contribution in [2.75, 3.05) is 6.61 Å². The van der Waals surface area contributed by atoms with Crippen LogP contribution in [0, 0.1) is 10.1 Å². The molecule has 176 valence electrons. The zero-order chi connectivity index (χ0) is 24.6. The second-order valence-electron chi connectivity index (χ2n) is 8.13. The molecule has 0 aromatic heterocycles. The molecule has 1 N–H and O–H groups in total. The molecule has 7 heteroatoms. The van der Waals surface area contributed by atoms with Gasteiger partial charge in [0, 0.05) is 17.7 Å². The molecule has 0 bridgehead atoms. The smallest absolute Gasteiger partial charge is 0.269 e. The number of carbonyl (C=O) groups is 2. The highest BCUT2D eigenvalue weighted by atomic mass is 16.6. The van der Waals surface area contributed by atoms with Crippen molar-refractivity contribution in [3.63, 3.8) is 0 Å². The number of nitrogens with one attached hydrogen (secondary N) is 1. The molecule has 1 atom stereocenters. The van der Waals surface area contributed by atoms with Gasteiger partial charge in [-0.3, -0.25) is 19.7 Å². The summed E-state index contributed by atoms with van der Waals surface area (Å²) >= 11 is 0. The summed E-state index contributed by atoms with van der Waals surface area (Å²) < 4.78 is 5.62. The van der Waals surface area contributed by atoms with Crippen molar-refractivity contribution in [1.29, 1.82) is 0 Å². The van der Waals surface area contributed by atoms with Crippen molar-refractivity contribution in [3.05, 3.63) is 124 Å². The Morgan fingerprint density at radius 3 is 2.26 bits per heavy atom. The molecule has 0 aliphatic carbocycles. The fourth-order valence-corrected chi connectivity index (χ4v) is 3.84. The first kappa shape index (κ1) is 23.8. The number of non-ortho nitro benzene ring substituents is 1. The molecule has 0 aliphatic rings. The zero-order valence-electron chi connectivity index (χ0n) is 18.9. The van der Waals surface area contributed by atoms with Gasteiger partial charge < -0.3 is 10.1 Å². The number of amides is 1. The standard InChI is InChI=1S/C28H24N2O5/c31-27(19-35-18-21-7-2-1-3-8-21)26(17-20-13-15-23(16-14-20)30(33)34)29-28(32)25-12-6-10-22-9-4-5-11-24(22)25/h1-16,26H,17-19H2,(H,29,32)/t26-/m0/s1. The van der Waals surface area contributed by atoms with Crippen LogP contribution in [-0.2, 0) is 22.6 Å². The van der Waals surface area contributed by atoms with E-state index < -0.39 is 11.0 Å². The van der Waals surface area contributed by atoms with Crippen LogP contribution in [0.3, 0.4) is 0 Å². The predicted molar refractivity (Wildman–Crippen MR) is 133 cm³/mol. The van der Waals surface area contributed by atoms with Gasteiger partial charge >= 0.3 is 0 Å². The summed E-state index contributed by atoms with van der Waals surface area (Å²) in [5.74, 6) is -0.655. The molecular formula is C28H24N2O5. The van der Waals surface area contributed by atoms with Crippen LogP contribution < -0.4 is 5.32 Å². The zero-order valence-corrected chi connectivity index (χ0v) is 18.9. The minimum absolute atomic E-state index is 0.0392. The molecule has 35 heavy (non-hydrogen) atoms. The Labute approximate surface area is 202 Å². The van der Waals surface area contributed by atoms with Crippen LogP contribution in [0.2, 0.25) is 0 Å². The van der Waals surface area contributed by atoms with E-state index in [1.165, 1.54) is 12.1 Å². The summed E-state index contributed by atoms with van der Waals surface area (Å²) in [6.07, 6.45) is 0.183. The van der Waals surface area contributed by atoms with Gasteiger partial charge in [0.15, 0.2) is 5.78 Å². The monoisotopic (exact) mass is 468 g/mol. The van der Waals surface area contributed by atoms with Gasteiger partial charge in [0.05, 0.1) is 17.6 Å². The van der Waals surface area contributed by atoms with Crippen molar-refractivity contribution in [3.8, 4) is 0 Å². The van der Waals surface area contributed by atoms with E-state index in [2.05, 4.69) is 5.32 Å². The second-order valence-corrected chi connectivity index (χ2v) is 8.13. The van der Waals surface area contributed by atoms with Crippen LogP contribution in [0.25, 0.3) is 10.8 Å². The summed E-state index contributed by atoms with van der Waals surface area (Å²) in [7, 11) is 0. The summed E-state index contributed by atoms with van der Waals surface area (Å²) in [5, 5.41) is 15.5. The third-order valence-electron chi connectivity index (χ3n) is 5.67. The van der Waals surface area contributed by atoms with Crippen molar-refractivity contribution < 1.29 is 19.2 Å². The summed E-state index contributed by atoms with van der Waals surface area (Å²) in [4.78, 5) is 36.8. The number of carbonyl (C=O) groups excluding carboxylic acids is 2. The maximum atomic E-state index is 13.2. The van der Waals surface area contributed by atoms with Crippen LogP contribution in [0.4, 0.5) is 5.69 Å². The van der Waals surface area contributed by atoms with Crippen LogP contribution >= 0.6 is 0 Å². The number of nitrogens with zero attached hydrogens (tertiary/aromatic N) is 1. The quantitative estimate of drug-likeness (QED) is 0.264. The Kier molecular flexibility index (Phi) is 7.60. The average Bonchev–Trinajstić information content (AvgIpc) is 2.88. The number of rotatable bonds is 10. The Balaban J connectivity index is 1.51. The van der Waals surface area contributed by atoms with Crippen LogP contribution in [0.15, 0.2) is 97.1 Å². The minimum Gasteiger partial charge on any atom is -0.369 e. The molecule has 1 amide bonds. The van der Waals surface area contributed by atoms with E-state index in [9.17, 15) is 19.7 Å². The lowest BCUT2D eigenvalue weighted by Crippen LogP contribution is -2.44. The Morgan fingerprint density at radius 1 is 0.829 bits per heavy atom. The highest BCUT2D eigenvalue weighted by Crippen LogP contribution is 2.19. The van der Waals surface area contributed by atoms with Crippen molar-refractivity contribution in [2.45, 2.75) is 19.1 Å². The molecule has 4 aromatic rings. The summed E-state index contributed by atoms with van der Waals surface area (Å²) in [6.45, 7) is 0.0937. The number of hydrogen-bond acceptors (Lipinski definition) is 5. The van der Waals surface area contributed by atoms with Gasteiger partial charge in [-0.05, 0) is 34.4 Å². The second kappa shape index (κ2) is 11.2. The van der Waals surface area contributed by atoms with Crippen LogP contribution in [-0.4, -0.2) is 29.3 Å². The number of nitro benzene ring substituents is 1. The molecule has 0 radical (unpaired) electrons. The first-order chi connectivity index (χ1) is 17.0. The van der Waals surface area contributed by atoms with Crippen LogP contribution in [0.5, 0.6) is 0 Å². The average molecular weight is 469 g/mol. The fraction of sp³-hybridized carbons (Fsp3) is 0.143. The van der Waals surface area contributed by atoms with Gasteiger partial charge in [-0.1, -0.05) is 78.9 Å². The highest BCUT2D eigenvalue weighted by Gasteiger charge is 2.23. The highest BCUT2D eigenvalue weighted by molar-refractivity contribution is 6.08. The largest absolute Gasteiger partial charge is 0.369 e. The molecule has 7 nitrogen and oxygen atoms in total. The van der Waals surface area contributed by atoms with E-state index >= 15 is 0 Å². The maximum absolute atomic E-state index is 13.2. The van der Waals surface area contributed by atoms with Gasteiger partial charge in [0.25, 0.3) is 11.6 Å². The van der Waals surface area contributed by atoms with E-state index in [0.717, 1.165) is 16.3 Å². The third kappa shape index (κ3) is 6.16. The normalized spacial score (nSPS) is 11.7. The molecule has 4 aromatic carbocycles. The summed E-state index contributed by atoms with van der Waals surface area (Å²) in [5.41, 5.74) is 2.06. The lowest BCUT2D eigenvalue weighted by Gasteiger charge is -2.19. The van der Waals surface area contributed by atoms with Gasteiger partial charge in [-0.2, -0.15) is 0 Å². The molecule has 4 rings (SSSR count). The number of ketones is 1. The van der Waals surface area contributed by atoms with Crippen molar-refractivity contribution in [1.82, 2.24) is 5.32 Å². The van der Waals surface area contributed by atoms with E-state index in [0.29, 0.717) is 11.1 Å². The predicted octanol–water partition coefficient (Wildman–Crippen LogP) is 4.88. The Hall–Kier alpha value is -4.36. The molecule has 0 saturated heterocycles. The number of Topliss-reactive ketones (excluding diaryl/α,β-unsaturated/α-hetero) is 1. The lowest BCUT2D eigenvalue weighted by atomic mass is 10.00. The van der Waals surface area contributed by atoms with Gasteiger partial charge in [-0.15, -0.1) is 0 Å². The molecule has 0 spiro atoms. The third-order valence-corrected chi connectivity index (χ3v) is 5.67. The molecule has 0 saturated carbocycles. The number of benzene rings is 4. The van der Waals surface area contributed by atoms with Crippen molar-refractivity contribution in [2.24, 2.45) is 0 Å². The van der Waals surface area contributed by atoms with Gasteiger partial charge in [-0.25, -0.2) is 0 Å². The number of ether oxygens (including phenoxy) is 1. The fourth-order valence-electron chi connectivity index (χ4n) is 3.84. The van der Waals surface area contributed by atoms with Crippen molar-refractivity contribution >= 4 is 28.2 Å². The molecule has 0 fully saturated rings. The SMILES string of the molecule is O=C(N[C@@H](Cc1ccc([N+](=O)[O-])cc1)C(=O)COCc1ccccc1)c1cccc2ccccc12. The summed E-state index contributed by atoms with van der Waals surface area (Å²) in [6, 6.07) is 27.6. The van der Waals surface area contributed by atoms with Gasteiger partial charge in [0.1, 0.15) is 6.61 Å². The number of nitro groups is 1. The minimum atomic E-state index is -0.862. The molecule has 0 aliphatic heterocycles. The van der Waals surface area contributed by atoms with E-state index in [1.54, 1.807) is 24.3 Å². The number of fused-ring (bicyclic) bond motifs is 1. The van der Waals surface area contributed by atoms with Gasteiger partial charge in [0.2, 0.25) is 0 Å². The van der Waals surface area contributed by atoms with E-state index in [-0.39, 0.29) is 37.0 Å². The van der Waals surface area contributed by atoms with E-state index in [4.69, 9.17) is 4.74 Å². The maximum Gasteiger partial charge on any atom is 0.269 e. The molecule has 0 unspecified atom stereocenters. The first-order valence-corrected chi connectivity index (χ1v) is 11.2. The number of hydrogen-bond donors (Lipinski definition) is 1. The van der Waals surface area contributed by atoms with E-state index in [1.807, 2.05) is 60.7 Å².